The lowest BCUT2D eigenvalue weighted by Gasteiger charge is -2.17. The minimum atomic E-state index is -0.558. The molecule has 0 radical (unpaired) electrons. The summed E-state index contributed by atoms with van der Waals surface area (Å²) in [6, 6.07) is 8.18. The van der Waals surface area contributed by atoms with Crippen LogP contribution in [0.5, 0.6) is 0 Å². The third-order valence-corrected chi connectivity index (χ3v) is 4.14. The Labute approximate surface area is 104 Å². The highest BCUT2D eigenvalue weighted by Gasteiger charge is 2.30. The first kappa shape index (κ1) is 10.9. The molecule has 2 unspecified atom stereocenters. The van der Waals surface area contributed by atoms with E-state index in [1.165, 1.54) is 22.5 Å². The molecule has 2 atom stereocenters. The van der Waals surface area contributed by atoms with E-state index in [0.717, 1.165) is 17.2 Å². The van der Waals surface area contributed by atoms with Gasteiger partial charge in [-0.2, -0.15) is 0 Å². The Morgan fingerprint density at radius 1 is 1.47 bits per heavy atom. The lowest BCUT2D eigenvalue weighted by molar-refractivity contribution is 0.133. The Kier molecular flexibility index (Phi) is 2.70. The van der Waals surface area contributed by atoms with Crippen molar-refractivity contribution < 1.29 is 5.11 Å². The molecule has 3 nitrogen and oxygen atoms in total. The lowest BCUT2D eigenvalue weighted by Crippen LogP contribution is -2.20. The maximum atomic E-state index is 10.4. The second-order valence-corrected chi connectivity index (χ2v) is 5.22. The molecule has 2 aromatic rings. The maximum absolute atomic E-state index is 10.4. The third kappa shape index (κ3) is 1.88. The van der Waals surface area contributed by atoms with Crippen LogP contribution < -0.4 is 5.32 Å². The van der Waals surface area contributed by atoms with Gasteiger partial charge in [-0.1, -0.05) is 24.3 Å². The molecule has 1 aliphatic heterocycles. The van der Waals surface area contributed by atoms with E-state index in [4.69, 9.17) is 0 Å². The number of rotatable bonds is 2. The fourth-order valence-electron chi connectivity index (χ4n) is 2.26. The summed E-state index contributed by atoms with van der Waals surface area (Å²) in [5.41, 5.74) is 3.42. The quantitative estimate of drug-likeness (QED) is 0.855. The van der Waals surface area contributed by atoms with Gasteiger partial charge in [0.05, 0.1) is 6.04 Å². The number of aliphatic hydroxyl groups excluding tert-OH is 1. The van der Waals surface area contributed by atoms with Crippen LogP contribution in [-0.4, -0.2) is 10.1 Å². The van der Waals surface area contributed by atoms with Crippen molar-refractivity contribution in [2.45, 2.75) is 25.6 Å². The van der Waals surface area contributed by atoms with Gasteiger partial charge in [-0.25, -0.2) is 4.98 Å². The number of nitrogens with zero attached hydrogens (tertiary/aromatic N) is 1. The first-order valence-corrected chi connectivity index (χ1v) is 6.55. The van der Waals surface area contributed by atoms with Gasteiger partial charge in [0.25, 0.3) is 0 Å². The van der Waals surface area contributed by atoms with Crippen LogP contribution in [0.1, 0.15) is 34.0 Å². The summed E-state index contributed by atoms with van der Waals surface area (Å²) in [4.78, 5) is 4.36. The Balaban J connectivity index is 1.92. The molecule has 0 saturated heterocycles. The van der Waals surface area contributed by atoms with Gasteiger partial charge in [-0.15, -0.1) is 11.3 Å². The summed E-state index contributed by atoms with van der Waals surface area (Å²) in [5, 5.41) is 16.5. The second kappa shape index (κ2) is 4.22. The van der Waals surface area contributed by atoms with Crippen LogP contribution in [-0.2, 0) is 6.54 Å². The predicted octanol–water partition coefficient (Wildman–Crippen LogP) is 2.33. The summed E-state index contributed by atoms with van der Waals surface area (Å²) in [5.74, 6) is 0. The number of aromatic nitrogens is 1. The van der Waals surface area contributed by atoms with Gasteiger partial charge in [-0.3, -0.25) is 0 Å². The van der Waals surface area contributed by atoms with Crippen LogP contribution in [0.4, 0.5) is 0 Å². The number of hydrogen-bond acceptors (Lipinski definition) is 4. The number of nitrogens with one attached hydrogen (secondary N) is 1. The van der Waals surface area contributed by atoms with Crippen LogP contribution in [0.3, 0.4) is 0 Å². The number of hydrogen-bond donors (Lipinski definition) is 2. The van der Waals surface area contributed by atoms with Crippen LogP contribution in [0.15, 0.2) is 29.6 Å². The molecule has 0 spiro atoms. The van der Waals surface area contributed by atoms with Gasteiger partial charge in [0.15, 0.2) is 0 Å². The zero-order valence-corrected chi connectivity index (χ0v) is 10.4. The van der Waals surface area contributed by atoms with E-state index in [2.05, 4.69) is 22.4 Å². The molecule has 2 heterocycles. The van der Waals surface area contributed by atoms with Crippen molar-refractivity contribution >= 4 is 11.3 Å². The lowest BCUT2D eigenvalue weighted by atomic mass is 10.0. The fourth-order valence-corrected chi connectivity index (χ4v) is 3.08. The molecule has 3 rings (SSSR count). The summed E-state index contributed by atoms with van der Waals surface area (Å²) >= 11 is 1.52. The Hall–Kier alpha value is -1.23. The molecule has 2 N–H and O–H groups in total. The number of aliphatic hydroxyl groups is 1. The topological polar surface area (TPSA) is 45.1 Å². The van der Waals surface area contributed by atoms with Crippen molar-refractivity contribution in [3.63, 3.8) is 0 Å². The zero-order valence-electron chi connectivity index (χ0n) is 9.55. The predicted molar refractivity (Wildman–Crippen MR) is 67.8 cm³/mol. The molecule has 88 valence electrons. The average molecular weight is 246 g/mol. The van der Waals surface area contributed by atoms with Crippen LogP contribution in [0, 0.1) is 6.92 Å². The summed E-state index contributed by atoms with van der Waals surface area (Å²) < 4.78 is 0. The monoisotopic (exact) mass is 246 g/mol. The minimum Gasteiger partial charge on any atom is -0.384 e. The summed E-state index contributed by atoms with van der Waals surface area (Å²) in [7, 11) is 0. The molecule has 0 saturated carbocycles. The molecular formula is C13H14N2OS. The van der Waals surface area contributed by atoms with E-state index < -0.39 is 6.10 Å². The number of aryl methyl sites for hydroxylation is 1. The smallest absolute Gasteiger partial charge is 0.125 e. The van der Waals surface area contributed by atoms with Gasteiger partial charge in [0, 0.05) is 17.6 Å². The molecule has 0 bridgehead atoms. The standard InChI is InChI=1S/C13H14N2OS/c1-8-7-17-13(15-8)12(16)11-10-5-3-2-4-9(10)6-14-11/h2-5,7,11-12,14,16H,6H2,1H3. The maximum Gasteiger partial charge on any atom is 0.125 e. The van der Waals surface area contributed by atoms with Crippen molar-refractivity contribution in [1.82, 2.24) is 10.3 Å². The first-order chi connectivity index (χ1) is 8.25. The number of benzene rings is 1. The normalized spacial score (nSPS) is 20.2. The van der Waals surface area contributed by atoms with Gasteiger partial charge < -0.3 is 10.4 Å². The SMILES string of the molecule is Cc1csc(C(O)C2NCc3ccccc32)n1. The summed E-state index contributed by atoms with van der Waals surface area (Å²) in [6.07, 6.45) is -0.558. The van der Waals surface area contributed by atoms with Crippen molar-refractivity contribution in [3.05, 3.63) is 51.5 Å². The van der Waals surface area contributed by atoms with Gasteiger partial charge >= 0.3 is 0 Å². The Morgan fingerprint density at radius 2 is 2.29 bits per heavy atom. The van der Waals surface area contributed by atoms with Crippen LogP contribution in [0.25, 0.3) is 0 Å². The van der Waals surface area contributed by atoms with E-state index in [9.17, 15) is 5.11 Å². The highest BCUT2D eigenvalue weighted by molar-refractivity contribution is 7.09. The second-order valence-electron chi connectivity index (χ2n) is 4.33. The highest BCUT2D eigenvalue weighted by Crippen LogP contribution is 2.35. The summed E-state index contributed by atoms with van der Waals surface area (Å²) in [6.45, 7) is 2.77. The zero-order chi connectivity index (χ0) is 11.8. The van der Waals surface area contributed by atoms with E-state index in [1.807, 2.05) is 24.4 Å². The molecule has 1 aromatic carbocycles. The highest BCUT2D eigenvalue weighted by atomic mass is 32.1. The molecule has 17 heavy (non-hydrogen) atoms. The van der Waals surface area contributed by atoms with Crippen LogP contribution in [0.2, 0.25) is 0 Å². The minimum absolute atomic E-state index is 0.0308. The largest absolute Gasteiger partial charge is 0.384 e. The van der Waals surface area contributed by atoms with Crippen molar-refractivity contribution in [2.24, 2.45) is 0 Å². The Morgan fingerprint density at radius 3 is 3.06 bits per heavy atom. The Bertz CT molecular complexity index is 538. The molecule has 1 aromatic heterocycles. The van der Waals surface area contributed by atoms with Gasteiger partial charge in [0.2, 0.25) is 0 Å². The molecular weight excluding hydrogens is 232 g/mol. The number of fused-ring (bicyclic) bond motifs is 1. The van der Waals surface area contributed by atoms with E-state index >= 15 is 0 Å². The molecule has 0 aliphatic carbocycles. The van der Waals surface area contributed by atoms with Gasteiger partial charge in [0.1, 0.15) is 11.1 Å². The average Bonchev–Trinajstić information content (AvgIpc) is 2.94. The molecule has 0 amide bonds. The number of thiazole rings is 1. The van der Waals surface area contributed by atoms with Crippen molar-refractivity contribution in [2.75, 3.05) is 0 Å². The molecule has 1 aliphatic rings. The van der Waals surface area contributed by atoms with E-state index in [1.54, 1.807) is 0 Å². The first-order valence-electron chi connectivity index (χ1n) is 5.67. The third-order valence-electron chi connectivity index (χ3n) is 3.11. The van der Waals surface area contributed by atoms with Crippen LogP contribution >= 0.6 is 11.3 Å². The van der Waals surface area contributed by atoms with Crippen molar-refractivity contribution in [1.29, 1.82) is 0 Å². The van der Waals surface area contributed by atoms with E-state index in [-0.39, 0.29) is 6.04 Å². The van der Waals surface area contributed by atoms with Gasteiger partial charge in [-0.05, 0) is 18.1 Å². The molecule has 0 fully saturated rings. The van der Waals surface area contributed by atoms with E-state index in [0.29, 0.717) is 0 Å². The molecule has 4 heteroatoms. The fraction of sp³-hybridized carbons (Fsp3) is 0.308. The van der Waals surface area contributed by atoms with Crippen molar-refractivity contribution in [3.8, 4) is 0 Å².